The standard InChI is InChI=1S/C26H28N6O2/c1-16-30-23-12-19(13-27-25(23)31-16)18-3-5-24-20(11-18)14-32(7-9-34-24)26-21-4-2-17(6-8-33)10-22(21)28-15-29-26/h3,5,11-13,15,17,33H,2,4,6-10,14H2,1H3,(H,27,30,31). The van der Waals surface area contributed by atoms with Crippen molar-refractivity contribution in [2.24, 2.45) is 5.92 Å². The number of H-pyrrole nitrogens is 1. The van der Waals surface area contributed by atoms with E-state index in [9.17, 15) is 5.11 Å². The fraction of sp³-hybridized carbons (Fsp3) is 0.385. The largest absolute Gasteiger partial charge is 0.491 e. The van der Waals surface area contributed by atoms with Gasteiger partial charge in [0.15, 0.2) is 5.65 Å². The second-order valence-electron chi connectivity index (χ2n) is 9.25. The van der Waals surface area contributed by atoms with E-state index in [0.29, 0.717) is 12.5 Å². The molecule has 0 spiro atoms. The van der Waals surface area contributed by atoms with Gasteiger partial charge in [-0.25, -0.2) is 19.9 Å². The molecule has 0 radical (unpaired) electrons. The molecule has 1 unspecified atom stereocenters. The van der Waals surface area contributed by atoms with Crippen molar-refractivity contribution in [2.75, 3.05) is 24.7 Å². The Kier molecular flexibility index (Phi) is 5.37. The van der Waals surface area contributed by atoms with Crippen LogP contribution in [0.1, 0.15) is 35.5 Å². The summed E-state index contributed by atoms with van der Waals surface area (Å²) in [5.74, 6) is 3.30. The Morgan fingerprint density at radius 2 is 2.12 bits per heavy atom. The van der Waals surface area contributed by atoms with Crippen LogP contribution in [0.25, 0.3) is 22.3 Å². The molecule has 8 nitrogen and oxygen atoms in total. The second kappa shape index (κ2) is 8.68. The van der Waals surface area contributed by atoms with Gasteiger partial charge >= 0.3 is 0 Å². The van der Waals surface area contributed by atoms with Crippen LogP contribution in [-0.2, 0) is 19.4 Å². The maximum absolute atomic E-state index is 9.34. The number of hydrogen-bond acceptors (Lipinski definition) is 7. The molecule has 0 fully saturated rings. The van der Waals surface area contributed by atoms with Gasteiger partial charge in [-0.05, 0) is 62.3 Å². The van der Waals surface area contributed by atoms with Crippen molar-refractivity contribution >= 4 is 17.0 Å². The minimum absolute atomic E-state index is 0.239. The minimum Gasteiger partial charge on any atom is -0.491 e. The molecule has 0 amide bonds. The van der Waals surface area contributed by atoms with Gasteiger partial charge < -0.3 is 19.7 Å². The highest BCUT2D eigenvalue weighted by Gasteiger charge is 2.26. The van der Waals surface area contributed by atoms with Gasteiger partial charge in [0.1, 0.15) is 30.3 Å². The summed E-state index contributed by atoms with van der Waals surface area (Å²) in [6, 6.07) is 8.45. The van der Waals surface area contributed by atoms with E-state index in [0.717, 1.165) is 89.7 Å². The first kappa shape index (κ1) is 21.0. The van der Waals surface area contributed by atoms with Crippen molar-refractivity contribution in [1.29, 1.82) is 0 Å². The summed E-state index contributed by atoms with van der Waals surface area (Å²) in [7, 11) is 0. The zero-order valence-corrected chi connectivity index (χ0v) is 19.3. The third kappa shape index (κ3) is 3.88. The van der Waals surface area contributed by atoms with E-state index >= 15 is 0 Å². The van der Waals surface area contributed by atoms with Gasteiger partial charge in [0, 0.05) is 41.7 Å². The zero-order chi connectivity index (χ0) is 23.1. The number of ether oxygens (including phenoxy) is 1. The zero-order valence-electron chi connectivity index (χ0n) is 19.3. The number of nitrogens with one attached hydrogen (secondary N) is 1. The highest BCUT2D eigenvalue weighted by Crippen LogP contribution is 2.35. The molecule has 6 rings (SSSR count). The second-order valence-corrected chi connectivity index (χ2v) is 9.25. The third-order valence-electron chi connectivity index (χ3n) is 6.96. The molecule has 0 bridgehead atoms. The van der Waals surface area contributed by atoms with Crippen LogP contribution in [-0.4, -0.2) is 49.8 Å². The topological polar surface area (TPSA) is 100 Å². The van der Waals surface area contributed by atoms with Crippen molar-refractivity contribution in [3.63, 3.8) is 0 Å². The number of aliphatic hydroxyl groups is 1. The number of fused-ring (bicyclic) bond motifs is 3. The van der Waals surface area contributed by atoms with Crippen molar-refractivity contribution < 1.29 is 9.84 Å². The minimum atomic E-state index is 0.239. The predicted molar refractivity (Wildman–Crippen MR) is 130 cm³/mol. The monoisotopic (exact) mass is 456 g/mol. The molecule has 1 aliphatic heterocycles. The van der Waals surface area contributed by atoms with Gasteiger partial charge in [0.25, 0.3) is 0 Å². The number of aromatic amines is 1. The quantitative estimate of drug-likeness (QED) is 0.484. The molecule has 4 aromatic rings. The van der Waals surface area contributed by atoms with Crippen LogP contribution in [0.15, 0.2) is 36.8 Å². The fourth-order valence-electron chi connectivity index (χ4n) is 5.23. The Balaban J connectivity index is 1.31. The van der Waals surface area contributed by atoms with Crippen LogP contribution in [0.4, 0.5) is 5.82 Å². The Morgan fingerprint density at radius 1 is 1.18 bits per heavy atom. The molecule has 2 N–H and O–H groups in total. The number of aliphatic hydroxyl groups excluding tert-OH is 1. The average Bonchev–Trinajstić information content (AvgIpc) is 3.09. The van der Waals surface area contributed by atoms with Crippen molar-refractivity contribution in [2.45, 2.75) is 39.2 Å². The Hall–Kier alpha value is -3.52. The highest BCUT2D eigenvalue weighted by atomic mass is 16.5. The van der Waals surface area contributed by atoms with Gasteiger partial charge in [0.2, 0.25) is 0 Å². The number of aromatic nitrogens is 5. The molecule has 3 aromatic heterocycles. The summed E-state index contributed by atoms with van der Waals surface area (Å²) in [5, 5.41) is 9.34. The van der Waals surface area contributed by atoms with Crippen molar-refractivity contribution in [1.82, 2.24) is 24.9 Å². The van der Waals surface area contributed by atoms with E-state index in [4.69, 9.17) is 9.72 Å². The Morgan fingerprint density at radius 3 is 3.03 bits per heavy atom. The van der Waals surface area contributed by atoms with Crippen LogP contribution < -0.4 is 9.64 Å². The molecule has 0 saturated heterocycles. The van der Waals surface area contributed by atoms with Crippen LogP contribution in [0.5, 0.6) is 5.75 Å². The van der Waals surface area contributed by atoms with E-state index < -0.39 is 0 Å². The number of pyridine rings is 1. The van der Waals surface area contributed by atoms with E-state index in [-0.39, 0.29) is 6.61 Å². The highest BCUT2D eigenvalue weighted by molar-refractivity contribution is 5.78. The van der Waals surface area contributed by atoms with Crippen molar-refractivity contribution in [3.05, 3.63) is 59.4 Å². The van der Waals surface area contributed by atoms with Crippen LogP contribution in [0, 0.1) is 12.8 Å². The average molecular weight is 457 g/mol. The lowest BCUT2D eigenvalue weighted by Crippen LogP contribution is -2.29. The van der Waals surface area contributed by atoms with Gasteiger partial charge in [-0.15, -0.1) is 0 Å². The molecule has 1 atom stereocenters. The number of hydrogen-bond donors (Lipinski definition) is 2. The van der Waals surface area contributed by atoms with E-state index in [1.165, 1.54) is 5.56 Å². The maximum Gasteiger partial charge on any atom is 0.177 e. The summed E-state index contributed by atoms with van der Waals surface area (Å²) in [5.41, 5.74) is 7.34. The first-order valence-electron chi connectivity index (χ1n) is 11.9. The summed E-state index contributed by atoms with van der Waals surface area (Å²) in [4.78, 5) is 23.8. The number of anilines is 1. The summed E-state index contributed by atoms with van der Waals surface area (Å²) >= 11 is 0. The lowest BCUT2D eigenvalue weighted by Gasteiger charge is -2.29. The number of rotatable bonds is 4. The molecule has 8 heteroatoms. The number of imidazole rings is 1. The van der Waals surface area contributed by atoms with Gasteiger partial charge in [-0.1, -0.05) is 6.07 Å². The number of aryl methyl sites for hydroxylation is 1. The summed E-state index contributed by atoms with van der Waals surface area (Å²) < 4.78 is 6.11. The molecule has 174 valence electrons. The normalized spacial score (nSPS) is 17.7. The molecule has 0 saturated carbocycles. The SMILES string of the molecule is Cc1nc2ncc(-c3ccc4c(c3)CN(c3ncnc5c3CCC(CCO)C5)CCO4)cc2[nH]1. The number of benzene rings is 1. The van der Waals surface area contributed by atoms with Crippen LogP contribution >= 0.6 is 0 Å². The van der Waals surface area contributed by atoms with E-state index in [1.807, 2.05) is 13.1 Å². The van der Waals surface area contributed by atoms with Crippen LogP contribution in [0.2, 0.25) is 0 Å². The molecule has 4 heterocycles. The lowest BCUT2D eigenvalue weighted by molar-refractivity contribution is 0.247. The van der Waals surface area contributed by atoms with E-state index in [2.05, 4.69) is 49.1 Å². The summed E-state index contributed by atoms with van der Waals surface area (Å²) in [6.45, 7) is 4.29. The Labute approximate surface area is 198 Å². The fourth-order valence-corrected chi connectivity index (χ4v) is 5.23. The van der Waals surface area contributed by atoms with Gasteiger partial charge in [-0.2, -0.15) is 0 Å². The lowest BCUT2D eigenvalue weighted by atomic mass is 9.85. The molecule has 1 aliphatic carbocycles. The van der Waals surface area contributed by atoms with Crippen molar-refractivity contribution in [3.8, 4) is 16.9 Å². The Bertz CT molecular complexity index is 1350. The van der Waals surface area contributed by atoms with Crippen LogP contribution in [0.3, 0.4) is 0 Å². The van der Waals surface area contributed by atoms with Gasteiger partial charge in [-0.3, -0.25) is 0 Å². The first-order chi connectivity index (χ1) is 16.7. The molecule has 34 heavy (non-hydrogen) atoms. The molecular weight excluding hydrogens is 428 g/mol. The smallest absolute Gasteiger partial charge is 0.177 e. The van der Waals surface area contributed by atoms with Gasteiger partial charge in [0.05, 0.1) is 12.1 Å². The molecular formula is C26H28N6O2. The van der Waals surface area contributed by atoms with E-state index in [1.54, 1.807) is 6.33 Å². The third-order valence-corrected chi connectivity index (χ3v) is 6.96. The predicted octanol–water partition coefficient (Wildman–Crippen LogP) is 3.61. The molecule has 2 aliphatic rings. The summed E-state index contributed by atoms with van der Waals surface area (Å²) in [6.07, 6.45) is 7.34. The maximum atomic E-state index is 9.34. The molecule has 1 aromatic carbocycles. The first-order valence-corrected chi connectivity index (χ1v) is 11.9. The number of nitrogens with zero attached hydrogens (tertiary/aromatic N) is 5.